The molecule has 0 fully saturated rings. The fourth-order valence-corrected chi connectivity index (χ4v) is 0.946. The summed E-state index contributed by atoms with van der Waals surface area (Å²) in [7, 11) is 0. The van der Waals surface area contributed by atoms with Crippen molar-refractivity contribution in [3.05, 3.63) is 12.7 Å². The molecular weight excluding hydrogens is 152 g/mol. The largest absolute Gasteiger partial charge is 0.300 e. The van der Waals surface area contributed by atoms with E-state index in [4.69, 9.17) is 0 Å². The zero-order valence-electron chi connectivity index (χ0n) is 7.64. The molecule has 0 rings (SSSR count). The molecule has 0 unspecified atom stereocenters. The van der Waals surface area contributed by atoms with Crippen molar-refractivity contribution >= 4 is 11.6 Å². The topological polar surface area (TPSA) is 34.1 Å². The van der Waals surface area contributed by atoms with Crippen molar-refractivity contribution in [1.82, 2.24) is 0 Å². The summed E-state index contributed by atoms with van der Waals surface area (Å²) >= 11 is 0. The average molecular weight is 168 g/mol. The fourth-order valence-electron chi connectivity index (χ4n) is 0.946. The molecule has 0 saturated heterocycles. The van der Waals surface area contributed by atoms with Crippen molar-refractivity contribution in [1.29, 1.82) is 0 Å². The Morgan fingerprint density at radius 1 is 1.17 bits per heavy atom. The van der Waals surface area contributed by atoms with E-state index in [1.165, 1.54) is 0 Å². The molecule has 0 aromatic rings. The number of hydrogen-bond donors (Lipinski definition) is 0. The Bertz CT molecular complexity index is 171. The highest BCUT2D eigenvalue weighted by molar-refractivity contribution is 5.86. The molecule has 68 valence electrons. The summed E-state index contributed by atoms with van der Waals surface area (Å²) < 4.78 is 0. The predicted molar refractivity (Wildman–Crippen MR) is 49.0 cm³/mol. The van der Waals surface area contributed by atoms with Crippen LogP contribution in [0.2, 0.25) is 0 Å². The molecule has 0 aliphatic carbocycles. The molecule has 0 aromatic carbocycles. The Morgan fingerprint density at radius 2 is 1.75 bits per heavy atom. The minimum atomic E-state index is 0.106. The molecule has 0 spiro atoms. The van der Waals surface area contributed by atoms with Crippen LogP contribution in [0, 0.1) is 0 Å². The smallest absolute Gasteiger partial charge is 0.137 e. The van der Waals surface area contributed by atoms with Crippen LogP contribution in [0.5, 0.6) is 0 Å². The van der Waals surface area contributed by atoms with Crippen molar-refractivity contribution in [2.45, 2.75) is 39.0 Å². The second-order valence-corrected chi connectivity index (χ2v) is 2.82. The molecule has 12 heavy (non-hydrogen) atoms. The highest BCUT2D eigenvalue weighted by atomic mass is 16.1. The first-order chi connectivity index (χ1) is 5.70. The van der Waals surface area contributed by atoms with Crippen molar-refractivity contribution in [3.8, 4) is 0 Å². The van der Waals surface area contributed by atoms with Gasteiger partial charge in [0.1, 0.15) is 11.6 Å². The lowest BCUT2D eigenvalue weighted by Crippen LogP contribution is -2.02. The van der Waals surface area contributed by atoms with Gasteiger partial charge in [-0.3, -0.25) is 9.59 Å². The van der Waals surface area contributed by atoms with Crippen LogP contribution in [-0.4, -0.2) is 11.6 Å². The third-order valence-corrected chi connectivity index (χ3v) is 1.58. The highest BCUT2D eigenvalue weighted by Crippen LogP contribution is 2.00. The maximum Gasteiger partial charge on any atom is 0.137 e. The first-order valence-electron chi connectivity index (χ1n) is 4.35. The van der Waals surface area contributed by atoms with Gasteiger partial charge in [0.2, 0.25) is 0 Å². The van der Waals surface area contributed by atoms with Gasteiger partial charge in [0, 0.05) is 25.7 Å². The SMILES string of the molecule is C=CCC(=O)CCC(=O)CCC. The second-order valence-electron chi connectivity index (χ2n) is 2.82. The van der Waals surface area contributed by atoms with Crippen LogP contribution < -0.4 is 0 Å². The first kappa shape index (κ1) is 11.1. The van der Waals surface area contributed by atoms with E-state index in [0.29, 0.717) is 25.7 Å². The second kappa shape index (κ2) is 6.77. The van der Waals surface area contributed by atoms with Crippen LogP contribution in [0.1, 0.15) is 39.0 Å². The lowest BCUT2D eigenvalue weighted by molar-refractivity contribution is -0.123. The van der Waals surface area contributed by atoms with E-state index in [-0.39, 0.29) is 11.6 Å². The third kappa shape index (κ3) is 5.83. The van der Waals surface area contributed by atoms with E-state index in [2.05, 4.69) is 6.58 Å². The summed E-state index contributed by atoms with van der Waals surface area (Å²) in [6.07, 6.45) is 4.22. The van der Waals surface area contributed by atoms with E-state index in [1.54, 1.807) is 6.08 Å². The Labute approximate surface area is 73.7 Å². The lowest BCUT2D eigenvalue weighted by atomic mass is 10.1. The van der Waals surface area contributed by atoms with E-state index in [1.807, 2.05) is 6.92 Å². The number of carbonyl (C=O) groups is 2. The minimum Gasteiger partial charge on any atom is -0.300 e. The van der Waals surface area contributed by atoms with Crippen LogP contribution in [0.15, 0.2) is 12.7 Å². The molecule has 0 aliphatic heterocycles. The highest BCUT2D eigenvalue weighted by Gasteiger charge is 2.04. The van der Waals surface area contributed by atoms with Gasteiger partial charge in [-0.05, 0) is 6.42 Å². The Kier molecular flexibility index (Phi) is 6.25. The number of ketones is 2. The summed E-state index contributed by atoms with van der Waals surface area (Å²) in [5.74, 6) is 0.296. The van der Waals surface area contributed by atoms with Gasteiger partial charge < -0.3 is 0 Å². The molecule has 2 nitrogen and oxygen atoms in total. The van der Waals surface area contributed by atoms with E-state index >= 15 is 0 Å². The van der Waals surface area contributed by atoms with Crippen LogP contribution in [0.4, 0.5) is 0 Å². The van der Waals surface area contributed by atoms with Gasteiger partial charge in [0.05, 0.1) is 0 Å². The molecule has 2 heteroatoms. The van der Waals surface area contributed by atoms with E-state index < -0.39 is 0 Å². The number of allylic oxidation sites excluding steroid dienone is 1. The summed E-state index contributed by atoms with van der Waals surface area (Å²) in [5, 5.41) is 0. The van der Waals surface area contributed by atoms with Crippen LogP contribution in [0.3, 0.4) is 0 Å². The quantitative estimate of drug-likeness (QED) is 0.546. The summed E-state index contributed by atoms with van der Waals surface area (Å²) in [6, 6.07) is 0. The van der Waals surface area contributed by atoms with Gasteiger partial charge in [-0.25, -0.2) is 0 Å². The Hall–Kier alpha value is -0.920. The maximum atomic E-state index is 11.0. The third-order valence-electron chi connectivity index (χ3n) is 1.58. The minimum absolute atomic E-state index is 0.106. The standard InChI is InChI=1S/C10H16O2/c1-3-5-9(11)7-8-10(12)6-4-2/h3H,1,4-8H2,2H3. The molecule has 0 saturated carbocycles. The molecule has 0 aliphatic rings. The molecule has 0 N–H and O–H groups in total. The normalized spacial score (nSPS) is 9.42. The van der Waals surface area contributed by atoms with Crippen LogP contribution in [-0.2, 0) is 9.59 Å². The molecule has 0 amide bonds. The van der Waals surface area contributed by atoms with Gasteiger partial charge >= 0.3 is 0 Å². The van der Waals surface area contributed by atoms with Crippen molar-refractivity contribution in [3.63, 3.8) is 0 Å². The molecular formula is C10H16O2. The van der Waals surface area contributed by atoms with Gasteiger partial charge in [0.15, 0.2) is 0 Å². The fraction of sp³-hybridized carbons (Fsp3) is 0.600. The molecule has 0 radical (unpaired) electrons. The van der Waals surface area contributed by atoms with Gasteiger partial charge in [-0.1, -0.05) is 13.0 Å². The zero-order valence-corrected chi connectivity index (χ0v) is 7.64. The Morgan fingerprint density at radius 3 is 2.25 bits per heavy atom. The van der Waals surface area contributed by atoms with Crippen molar-refractivity contribution in [2.75, 3.05) is 0 Å². The summed E-state index contributed by atoms with van der Waals surface area (Å²) in [5.41, 5.74) is 0. The molecule has 0 atom stereocenters. The van der Waals surface area contributed by atoms with Crippen LogP contribution >= 0.6 is 0 Å². The number of hydrogen-bond acceptors (Lipinski definition) is 2. The first-order valence-corrected chi connectivity index (χ1v) is 4.35. The molecule has 0 aromatic heterocycles. The maximum absolute atomic E-state index is 11.0. The zero-order chi connectivity index (χ0) is 9.40. The number of rotatable bonds is 7. The summed E-state index contributed by atoms with van der Waals surface area (Å²) in [4.78, 5) is 21.9. The van der Waals surface area contributed by atoms with E-state index in [0.717, 1.165) is 6.42 Å². The van der Waals surface area contributed by atoms with Gasteiger partial charge in [-0.2, -0.15) is 0 Å². The lowest BCUT2D eigenvalue weighted by Gasteiger charge is -1.96. The van der Waals surface area contributed by atoms with Gasteiger partial charge in [0.25, 0.3) is 0 Å². The number of Topliss-reactive ketones (excluding diaryl/α,β-unsaturated/α-hetero) is 2. The monoisotopic (exact) mass is 168 g/mol. The summed E-state index contributed by atoms with van der Waals surface area (Å²) in [6.45, 7) is 5.42. The van der Waals surface area contributed by atoms with Crippen LogP contribution in [0.25, 0.3) is 0 Å². The molecule has 0 heterocycles. The Balaban J connectivity index is 3.46. The average Bonchev–Trinajstić information content (AvgIpc) is 2.02. The van der Waals surface area contributed by atoms with E-state index in [9.17, 15) is 9.59 Å². The van der Waals surface area contributed by atoms with Gasteiger partial charge in [-0.15, -0.1) is 6.58 Å². The predicted octanol–water partition coefficient (Wildman–Crippen LogP) is 2.28. The number of carbonyl (C=O) groups excluding carboxylic acids is 2. The molecule has 0 bridgehead atoms. The van der Waals surface area contributed by atoms with Crippen molar-refractivity contribution < 1.29 is 9.59 Å². The van der Waals surface area contributed by atoms with Crippen molar-refractivity contribution in [2.24, 2.45) is 0 Å².